The Kier molecular flexibility index (Phi) is 5.13. The molecule has 1 heterocycles. The van der Waals surface area contributed by atoms with E-state index in [1.54, 1.807) is 36.4 Å². The van der Waals surface area contributed by atoms with Crippen LogP contribution in [0.15, 0.2) is 53.9 Å². The van der Waals surface area contributed by atoms with Crippen LogP contribution in [-0.2, 0) is 11.2 Å². The monoisotopic (exact) mass is 358 g/mol. The second kappa shape index (κ2) is 7.47. The number of benzene rings is 2. The van der Waals surface area contributed by atoms with Crippen LogP contribution in [0.4, 0.5) is 5.69 Å². The van der Waals surface area contributed by atoms with Crippen molar-refractivity contribution in [1.29, 1.82) is 0 Å². The number of carbonyl (C=O) groups excluding carboxylic acids is 1. The zero-order valence-corrected chi connectivity index (χ0v) is 14.5. The molecule has 0 unspecified atom stereocenters. The Hall–Kier alpha value is -2.37. The van der Waals surface area contributed by atoms with Crippen molar-refractivity contribution in [2.24, 2.45) is 0 Å². The van der Waals surface area contributed by atoms with E-state index in [1.807, 2.05) is 24.4 Å². The molecular weight excluding hydrogens is 344 g/mol. The van der Waals surface area contributed by atoms with Crippen LogP contribution in [0.25, 0.3) is 0 Å². The highest BCUT2D eigenvalue weighted by Crippen LogP contribution is 2.29. The number of carbonyl (C=O) groups is 1. The van der Waals surface area contributed by atoms with Gasteiger partial charge >= 0.3 is 0 Å². The van der Waals surface area contributed by atoms with E-state index in [4.69, 9.17) is 16.3 Å². The quantitative estimate of drug-likeness (QED) is 0.692. The van der Waals surface area contributed by atoms with Gasteiger partial charge in [-0.1, -0.05) is 23.7 Å². The van der Waals surface area contributed by atoms with Gasteiger partial charge in [-0.3, -0.25) is 4.79 Å². The lowest BCUT2D eigenvalue weighted by Crippen LogP contribution is -2.14. The van der Waals surface area contributed by atoms with Gasteiger partial charge in [-0.2, -0.15) is 0 Å². The number of rotatable bonds is 5. The Bertz CT molecular complexity index is 846. The predicted molar refractivity (Wildman–Crippen MR) is 97.2 cm³/mol. The van der Waals surface area contributed by atoms with Gasteiger partial charge in [0.1, 0.15) is 11.5 Å². The zero-order valence-electron chi connectivity index (χ0n) is 13.0. The molecular formula is C18H15ClN2O2S. The van der Waals surface area contributed by atoms with Crippen molar-refractivity contribution >= 4 is 34.5 Å². The van der Waals surface area contributed by atoms with Gasteiger partial charge in [0.25, 0.3) is 0 Å². The number of para-hydroxylation sites is 1. The number of aryl methyl sites for hydroxylation is 1. The average Bonchev–Trinajstić information content (AvgIpc) is 2.96. The number of hydrogen-bond donors (Lipinski definition) is 1. The minimum absolute atomic E-state index is 0.0972. The number of amides is 1. The molecule has 0 aliphatic carbocycles. The summed E-state index contributed by atoms with van der Waals surface area (Å²) in [5.41, 5.74) is 1.49. The maximum atomic E-state index is 12.0. The van der Waals surface area contributed by atoms with Crippen LogP contribution in [0, 0.1) is 6.92 Å². The van der Waals surface area contributed by atoms with Crippen LogP contribution in [-0.4, -0.2) is 10.9 Å². The molecule has 0 bridgehead atoms. The van der Waals surface area contributed by atoms with E-state index in [1.165, 1.54) is 11.3 Å². The van der Waals surface area contributed by atoms with Crippen LogP contribution < -0.4 is 10.1 Å². The number of ether oxygens (including phenoxy) is 1. The summed E-state index contributed by atoms with van der Waals surface area (Å²) < 4.78 is 5.71. The number of nitrogens with zero attached hydrogens (tertiary/aromatic N) is 1. The average molecular weight is 359 g/mol. The molecule has 0 radical (unpaired) electrons. The molecule has 4 nitrogen and oxygen atoms in total. The van der Waals surface area contributed by atoms with Crippen molar-refractivity contribution in [3.63, 3.8) is 0 Å². The van der Waals surface area contributed by atoms with Gasteiger partial charge in [0.05, 0.1) is 22.1 Å². The fourth-order valence-corrected chi connectivity index (χ4v) is 2.91. The Morgan fingerprint density at radius 1 is 1.21 bits per heavy atom. The molecule has 0 aliphatic rings. The van der Waals surface area contributed by atoms with Gasteiger partial charge in [-0.15, -0.1) is 11.3 Å². The Balaban J connectivity index is 1.60. The Labute approximate surface area is 149 Å². The maximum absolute atomic E-state index is 12.0. The lowest BCUT2D eigenvalue weighted by molar-refractivity contribution is -0.115. The summed E-state index contributed by atoms with van der Waals surface area (Å²) in [6.07, 6.45) is 0.266. The van der Waals surface area contributed by atoms with Gasteiger partial charge in [0.15, 0.2) is 0 Å². The van der Waals surface area contributed by atoms with Crippen LogP contribution in [0.1, 0.15) is 10.7 Å². The molecule has 0 saturated heterocycles. The first-order chi connectivity index (χ1) is 11.6. The Morgan fingerprint density at radius 3 is 2.62 bits per heavy atom. The van der Waals surface area contributed by atoms with Gasteiger partial charge in [-0.25, -0.2) is 4.98 Å². The molecule has 0 saturated carbocycles. The molecule has 2 aromatic carbocycles. The molecule has 1 N–H and O–H groups in total. The smallest absolute Gasteiger partial charge is 0.230 e. The second-order valence-corrected chi connectivity index (χ2v) is 6.61. The normalized spacial score (nSPS) is 10.4. The fourth-order valence-electron chi connectivity index (χ4n) is 2.12. The molecule has 6 heteroatoms. The number of anilines is 1. The van der Waals surface area contributed by atoms with Crippen molar-refractivity contribution in [3.8, 4) is 11.5 Å². The summed E-state index contributed by atoms with van der Waals surface area (Å²) in [6.45, 7) is 1.92. The lowest BCUT2D eigenvalue weighted by Gasteiger charge is -2.09. The zero-order chi connectivity index (χ0) is 16.9. The number of aromatic nitrogens is 1. The summed E-state index contributed by atoms with van der Waals surface area (Å²) in [7, 11) is 0. The number of hydrogen-bond acceptors (Lipinski definition) is 4. The van der Waals surface area contributed by atoms with Crippen molar-refractivity contribution in [2.75, 3.05) is 5.32 Å². The van der Waals surface area contributed by atoms with Crippen molar-refractivity contribution in [2.45, 2.75) is 13.3 Å². The summed E-state index contributed by atoms with van der Waals surface area (Å²) in [4.78, 5) is 16.3. The molecule has 0 atom stereocenters. The topological polar surface area (TPSA) is 51.2 Å². The van der Waals surface area contributed by atoms with Crippen molar-refractivity contribution < 1.29 is 9.53 Å². The minimum Gasteiger partial charge on any atom is -0.456 e. The summed E-state index contributed by atoms with van der Waals surface area (Å²) in [5, 5.41) is 6.25. The van der Waals surface area contributed by atoms with E-state index >= 15 is 0 Å². The minimum atomic E-state index is -0.0972. The van der Waals surface area contributed by atoms with Gasteiger partial charge in [0, 0.05) is 11.1 Å². The molecule has 0 aliphatic heterocycles. The summed E-state index contributed by atoms with van der Waals surface area (Å²) in [6, 6.07) is 14.4. The molecule has 3 rings (SSSR count). The number of nitrogens with one attached hydrogen (secondary N) is 1. The van der Waals surface area contributed by atoms with E-state index in [0.717, 1.165) is 10.7 Å². The molecule has 122 valence electrons. The second-order valence-electron chi connectivity index (χ2n) is 5.14. The first-order valence-corrected chi connectivity index (χ1v) is 8.59. The van der Waals surface area contributed by atoms with E-state index in [0.29, 0.717) is 22.2 Å². The van der Waals surface area contributed by atoms with Gasteiger partial charge < -0.3 is 10.1 Å². The number of halogens is 1. The van der Waals surface area contributed by atoms with E-state index in [-0.39, 0.29) is 12.3 Å². The highest BCUT2D eigenvalue weighted by molar-refractivity contribution is 7.09. The molecule has 24 heavy (non-hydrogen) atoms. The summed E-state index contributed by atoms with van der Waals surface area (Å²) >= 11 is 7.60. The summed E-state index contributed by atoms with van der Waals surface area (Å²) in [5.74, 6) is 1.14. The fraction of sp³-hybridized carbons (Fsp3) is 0.111. The van der Waals surface area contributed by atoms with E-state index in [9.17, 15) is 4.79 Å². The van der Waals surface area contributed by atoms with Crippen LogP contribution >= 0.6 is 22.9 Å². The molecule has 1 amide bonds. The largest absolute Gasteiger partial charge is 0.456 e. The lowest BCUT2D eigenvalue weighted by atomic mass is 10.2. The van der Waals surface area contributed by atoms with E-state index in [2.05, 4.69) is 10.3 Å². The highest BCUT2D eigenvalue weighted by Gasteiger charge is 2.07. The van der Waals surface area contributed by atoms with Crippen molar-refractivity contribution in [3.05, 3.63) is 69.6 Å². The third kappa shape index (κ3) is 4.34. The first kappa shape index (κ1) is 16.5. The third-order valence-corrected chi connectivity index (χ3v) is 4.35. The number of thiazole rings is 1. The standard InChI is InChI=1S/C18H15ClN2O2S/c1-12-20-14(11-24-12)10-18(22)21-13-6-8-15(9-7-13)23-17-5-3-2-4-16(17)19/h2-9,11H,10H2,1H3,(H,21,22). The highest BCUT2D eigenvalue weighted by atomic mass is 35.5. The van der Waals surface area contributed by atoms with Crippen LogP contribution in [0.3, 0.4) is 0 Å². The Morgan fingerprint density at radius 2 is 1.96 bits per heavy atom. The van der Waals surface area contributed by atoms with Crippen LogP contribution in [0.5, 0.6) is 11.5 Å². The molecule has 0 spiro atoms. The van der Waals surface area contributed by atoms with E-state index < -0.39 is 0 Å². The predicted octanol–water partition coefficient (Wildman–Crippen LogP) is 5.08. The van der Waals surface area contributed by atoms with Gasteiger partial charge in [-0.05, 0) is 43.3 Å². The van der Waals surface area contributed by atoms with Gasteiger partial charge in [0.2, 0.25) is 5.91 Å². The SMILES string of the molecule is Cc1nc(CC(=O)Nc2ccc(Oc3ccccc3Cl)cc2)cs1. The first-order valence-electron chi connectivity index (χ1n) is 7.33. The third-order valence-electron chi connectivity index (χ3n) is 3.21. The molecule has 3 aromatic rings. The molecule has 0 fully saturated rings. The van der Waals surface area contributed by atoms with Crippen molar-refractivity contribution in [1.82, 2.24) is 4.98 Å². The maximum Gasteiger partial charge on any atom is 0.230 e. The van der Waals surface area contributed by atoms with Crippen LogP contribution in [0.2, 0.25) is 5.02 Å². The molecule has 1 aromatic heterocycles.